The lowest BCUT2D eigenvalue weighted by Gasteiger charge is -2.04. The zero-order valence-corrected chi connectivity index (χ0v) is 9.43. The SMILES string of the molecule is NNc1ccc2c(Br)ccc(Cl)c2n1. The van der Waals surface area contributed by atoms with Crippen LogP contribution in [0.1, 0.15) is 0 Å². The van der Waals surface area contributed by atoms with Crippen molar-refractivity contribution in [2.75, 3.05) is 5.43 Å². The number of hydrazine groups is 1. The monoisotopic (exact) mass is 271 g/mol. The van der Waals surface area contributed by atoms with Crippen LogP contribution in [0.15, 0.2) is 28.7 Å². The number of benzene rings is 1. The van der Waals surface area contributed by atoms with Gasteiger partial charge in [0.25, 0.3) is 0 Å². The van der Waals surface area contributed by atoms with E-state index in [9.17, 15) is 0 Å². The van der Waals surface area contributed by atoms with Crippen LogP contribution in [0.2, 0.25) is 5.02 Å². The molecule has 0 radical (unpaired) electrons. The number of hydrogen-bond donors (Lipinski definition) is 2. The van der Waals surface area contributed by atoms with Gasteiger partial charge in [-0.15, -0.1) is 0 Å². The predicted molar refractivity (Wildman–Crippen MR) is 62.3 cm³/mol. The molecule has 5 heteroatoms. The fraction of sp³-hybridized carbons (Fsp3) is 0. The van der Waals surface area contributed by atoms with Crippen LogP contribution >= 0.6 is 27.5 Å². The largest absolute Gasteiger partial charge is 0.308 e. The second-order valence-corrected chi connectivity index (χ2v) is 4.03. The number of nitrogens with two attached hydrogens (primary N) is 1. The van der Waals surface area contributed by atoms with Crippen molar-refractivity contribution in [3.63, 3.8) is 0 Å². The lowest BCUT2D eigenvalue weighted by atomic mass is 10.2. The van der Waals surface area contributed by atoms with Crippen molar-refractivity contribution in [2.45, 2.75) is 0 Å². The zero-order valence-electron chi connectivity index (χ0n) is 7.09. The van der Waals surface area contributed by atoms with Crippen molar-refractivity contribution in [1.29, 1.82) is 0 Å². The summed E-state index contributed by atoms with van der Waals surface area (Å²) in [5, 5.41) is 1.58. The molecule has 0 atom stereocenters. The highest BCUT2D eigenvalue weighted by molar-refractivity contribution is 9.10. The molecular formula is C9H7BrClN3. The van der Waals surface area contributed by atoms with Gasteiger partial charge in [0, 0.05) is 9.86 Å². The summed E-state index contributed by atoms with van der Waals surface area (Å²) in [4.78, 5) is 4.26. The minimum Gasteiger partial charge on any atom is -0.308 e. The van der Waals surface area contributed by atoms with Crippen LogP contribution in [0.25, 0.3) is 10.9 Å². The molecule has 0 unspecified atom stereocenters. The minimum atomic E-state index is 0.595. The quantitative estimate of drug-likeness (QED) is 0.620. The van der Waals surface area contributed by atoms with Crippen molar-refractivity contribution < 1.29 is 0 Å². The molecule has 0 fully saturated rings. The molecule has 0 saturated carbocycles. The number of nitrogens with zero attached hydrogens (tertiary/aromatic N) is 1. The molecule has 2 aromatic rings. The zero-order chi connectivity index (χ0) is 10.1. The first kappa shape index (κ1) is 9.71. The Kier molecular flexibility index (Phi) is 2.58. The average Bonchev–Trinajstić information content (AvgIpc) is 2.23. The van der Waals surface area contributed by atoms with Crippen molar-refractivity contribution in [1.82, 2.24) is 4.98 Å². The highest BCUT2D eigenvalue weighted by Crippen LogP contribution is 2.29. The molecule has 0 aliphatic heterocycles. The highest BCUT2D eigenvalue weighted by Gasteiger charge is 2.04. The van der Waals surface area contributed by atoms with Gasteiger partial charge in [-0.1, -0.05) is 27.5 Å². The molecule has 1 aromatic carbocycles. The number of fused-ring (bicyclic) bond motifs is 1. The number of pyridine rings is 1. The number of nitrogen functional groups attached to an aromatic ring is 1. The van der Waals surface area contributed by atoms with Crippen LogP contribution in [0.3, 0.4) is 0 Å². The van der Waals surface area contributed by atoms with Crippen LogP contribution in [0.4, 0.5) is 5.82 Å². The molecule has 3 nitrogen and oxygen atoms in total. The molecule has 72 valence electrons. The number of anilines is 1. The maximum absolute atomic E-state index is 6.01. The van der Waals surface area contributed by atoms with E-state index in [4.69, 9.17) is 17.4 Å². The van der Waals surface area contributed by atoms with E-state index in [2.05, 4.69) is 26.3 Å². The summed E-state index contributed by atoms with van der Waals surface area (Å²) in [5.41, 5.74) is 3.21. The van der Waals surface area contributed by atoms with Gasteiger partial charge in [-0.3, -0.25) is 0 Å². The third-order valence-corrected chi connectivity index (χ3v) is 2.90. The first-order valence-electron chi connectivity index (χ1n) is 3.94. The smallest absolute Gasteiger partial charge is 0.140 e. The first-order valence-corrected chi connectivity index (χ1v) is 5.11. The minimum absolute atomic E-state index is 0.595. The second-order valence-electron chi connectivity index (χ2n) is 2.77. The van der Waals surface area contributed by atoms with E-state index in [1.807, 2.05) is 12.1 Å². The third kappa shape index (κ3) is 1.56. The number of halogens is 2. The van der Waals surface area contributed by atoms with Gasteiger partial charge in [-0.25, -0.2) is 10.8 Å². The van der Waals surface area contributed by atoms with Crippen LogP contribution in [0, 0.1) is 0 Å². The summed E-state index contributed by atoms with van der Waals surface area (Å²) in [5.74, 6) is 5.86. The summed E-state index contributed by atoms with van der Waals surface area (Å²) < 4.78 is 0.966. The van der Waals surface area contributed by atoms with E-state index >= 15 is 0 Å². The van der Waals surface area contributed by atoms with Gasteiger partial charge in [0.1, 0.15) is 5.82 Å². The summed E-state index contributed by atoms with van der Waals surface area (Å²) in [6.45, 7) is 0. The Balaban J connectivity index is 2.80. The van der Waals surface area contributed by atoms with Crippen molar-refractivity contribution in [2.24, 2.45) is 5.84 Å². The Morgan fingerprint density at radius 3 is 2.79 bits per heavy atom. The molecule has 3 N–H and O–H groups in total. The molecule has 0 aliphatic rings. The van der Waals surface area contributed by atoms with Crippen molar-refractivity contribution in [3.8, 4) is 0 Å². The van der Waals surface area contributed by atoms with E-state index in [1.165, 1.54) is 0 Å². The van der Waals surface area contributed by atoms with Crippen LogP contribution in [0.5, 0.6) is 0 Å². The van der Waals surface area contributed by atoms with Gasteiger partial charge < -0.3 is 5.43 Å². The normalized spacial score (nSPS) is 10.5. The predicted octanol–water partition coefficient (Wildman–Crippen LogP) is 2.94. The van der Waals surface area contributed by atoms with E-state index < -0.39 is 0 Å². The number of nitrogens with one attached hydrogen (secondary N) is 1. The van der Waals surface area contributed by atoms with E-state index in [0.29, 0.717) is 10.8 Å². The topological polar surface area (TPSA) is 50.9 Å². The maximum atomic E-state index is 6.01. The maximum Gasteiger partial charge on any atom is 0.140 e. The van der Waals surface area contributed by atoms with Crippen LogP contribution < -0.4 is 11.3 Å². The average molecular weight is 273 g/mol. The molecule has 1 aromatic heterocycles. The first-order chi connectivity index (χ1) is 6.72. The summed E-state index contributed by atoms with van der Waals surface area (Å²) in [7, 11) is 0. The number of rotatable bonds is 1. The molecule has 0 aliphatic carbocycles. The van der Waals surface area contributed by atoms with Gasteiger partial charge in [0.15, 0.2) is 0 Å². The lowest BCUT2D eigenvalue weighted by Crippen LogP contribution is -2.08. The fourth-order valence-corrected chi connectivity index (χ4v) is 1.89. The van der Waals surface area contributed by atoms with Gasteiger partial charge in [-0.2, -0.15) is 0 Å². The van der Waals surface area contributed by atoms with E-state index in [-0.39, 0.29) is 0 Å². The summed E-state index contributed by atoms with van der Waals surface area (Å²) in [6.07, 6.45) is 0. The molecule has 0 amide bonds. The van der Waals surface area contributed by atoms with Gasteiger partial charge in [0.05, 0.1) is 10.5 Å². The summed E-state index contributed by atoms with van der Waals surface area (Å²) >= 11 is 9.43. The van der Waals surface area contributed by atoms with Crippen molar-refractivity contribution >= 4 is 44.3 Å². The van der Waals surface area contributed by atoms with E-state index in [1.54, 1.807) is 12.1 Å². The molecule has 2 rings (SSSR count). The Morgan fingerprint density at radius 2 is 2.07 bits per heavy atom. The Morgan fingerprint density at radius 1 is 1.29 bits per heavy atom. The van der Waals surface area contributed by atoms with Crippen LogP contribution in [-0.2, 0) is 0 Å². The Labute approximate surface area is 94.4 Å². The Bertz CT molecular complexity index is 487. The fourth-order valence-electron chi connectivity index (χ4n) is 1.23. The number of aromatic nitrogens is 1. The van der Waals surface area contributed by atoms with E-state index in [0.717, 1.165) is 15.4 Å². The molecule has 0 saturated heterocycles. The molecule has 14 heavy (non-hydrogen) atoms. The third-order valence-electron chi connectivity index (χ3n) is 1.90. The number of hydrogen-bond acceptors (Lipinski definition) is 3. The van der Waals surface area contributed by atoms with Gasteiger partial charge in [-0.05, 0) is 24.3 Å². The molecule has 1 heterocycles. The standard InChI is InChI=1S/C9H7BrClN3/c10-6-2-3-7(11)9-5(6)1-4-8(13-9)14-12/h1-4H,12H2,(H,13,14). The highest BCUT2D eigenvalue weighted by atomic mass is 79.9. The molecular weight excluding hydrogens is 265 g/mol. The van der Waals surface area contributed by atoms with Gasteiger partial charge in [0.2, 0.25) is 0 Å². The lowest BCUT2D eigenvalue weighted by molar-refractivity contribution is 1.26. The van der Waals surface area contributed by atoms with Crippen LogP contribution in [-0.4, -0.2) is 4.98 Å². The summed E-state index contributed by atoms with van der Waals surface area (Å²) in [6, 6.07) is 7.39. The molecule has 0 spiro atoms. The Hall–Kier alpha value is -0.840. The van der Waals surface area contributed by atoms with Crippen molar-refractivity contribution in [3.05, 3.63) is 33.8 Å². The van der Waals surface area contributed by atoms with Gasteiger partial charge >= 0.3 is 0 Å². The second kappa shape index (κ2) is 3.73. The molecule has 0 bridgehead atoms.